The first-order chi connectivity index (χ1) is 8.99. The summed E-state index contributed by atoms with van der Waals surface area (Å²) in [4.78, 5) is 0. The summed E-state index contributed by atoms with van der Waals surface area (Å²) in [5, 5.41) is 0. The molecule has 116 valence electrons. The molecular formula is C17H38OSi. The van der Waals surface area contributed by atoms with Crippen LogP contribution < -0.4 is 0 Å². The van der Waals surface area contributed by atoms with Crippen LogP contribution >= 0.6 is 0 Å². The number of rotatable bonds is 13. The summed E-state index contributed by atoms with van der Waals surface area (Å²) in [5.74, 6) is 0. The van der Waals surface area contributed by atoms with Gasteiger partial charge in [-0.25, -0.2) is 0 Å². The van der Waals surface area contributed by atoms with Crippen LogP contribution in [0.15, 0.2) is 0 Å². The molecule has 1 atom stereocenters. The Balaban J connectivity index is 3.53. The highest BCUT2D eigenvalue weighted by Crippen LogP contribution is 2.18. The van der Waals surface area contributed by atoms with E-state index >= 15 is 0 Å². The summed E-state index contributed by atoms with van der Waals surface area (Å²) >= 11 is 0. The van der Waals surface area contributed by atoms with Gasteiger partial charge in [0.15, 0.2) is 8.32 Å². The Morgan fingerprint density at radius 3 is 1.68 bits per heavy atom. The third-order valence-corrected chi connectivity index (χ3v) is 4.55. The van der Waals surface area contributed by atoms with Crippen LogP contribution in [0.3, 0.4) is 0 Å². The summed E-state index contributed by atoms with van der Waals surface area (Å²) in [6, 6.07) is 0. The largest absolute Gasteiger partial charge is 0.415 e. The minimum absolute atomic E-state index is 0.539. The number of unbranched alkanes of at least 4 members (excludes halogenated alkanes) is 7. The molecule has 1 unspecified atom stereocenters. The molecule has 1 nitrogen and oxygen atoms in total. The summed E-state index contributed by atoms with van der Waals surface area (Å²) in [5.41, 5.74) is 0. The van der Waals surface area contributed by atoms with Gasteiger partial charge in [0.25, 0.3) is 0 Å². The SMILES string of the molecule is CCCCCCCCCCC(CCC)O[Si](C)(C)C. The molecule has 0 rings (SSSR count). The normalized spacial score (nSPS) is 13.7. The van der Waals surface area contributed by atoms with E-state index in [9.17, 15) is 0 Å². The van der Waals surface area contributed by atoms with Crippen LogP contribution in [0.2, 0.25) is 19.6 Å². The quantitative estimate of drug-likeness (QED) is 0.276. The van der Waals surface area contributed by atoms with Crippen LogP contribution in [0.4, 0.5) is 0 Å². The molecule has 0 heterocycles. The monoisotopic (exact) mass is 286 g/mol. The van der Waals surface area contributed by atoms with Crippen molar-refractivity contribution < 1.29 is 4.43 Å². The van der Waals surface area contributed by atoms with Gasteiger partial charge in [0.2, 0.25) is 0 Å². The van der Waals surface area contributed by atoms with Gasteiger partial charge in [0.05, 0.1) is 0 Å². The van der Waals surface area contributed by atoms with E-state index < -0.39 is 8.32 Å². The molecule has 19 heavy (non-hydrogen) atoms. The van der Waals surface area contributed by atoms with Crippen molar-refractivity contribution in [2.75, 3.05) is 0 Å². The van der Waals surface area contributed by atoms with Crippen LogP contribution in [0, 0.1) is 0 Å². The van der Waals surface area contributed by atoms with E-state index in [-0.39, 0.29) is 0 Å². The Kier molecular flexibility index (Phi) is 12.1. The fourth-order valence-corrected chi connectivity index (χ4v) is 3.83. The average molecular weight is 287 g/mol. The van der Waals surface area contributed by atoms with Crippen molar-refractivity contribution in [3.8, 4) is 0 Å². The molecule has 0 saturated carbocycles. The van der Waals surface area contributed by atoms with Gasteiger partial charge < -0.3 is 4.43 Å². The van der Waals surface area contributed by atoms with Crippen molar-refractivity contribution in [2.45, 2.75) is 110 Å². The van der Waals surface area contributed by atoms with Crippen molar-refractivity contribution in [3.63, 3.8) is 0 Å². The van der Waals surface area contributed by atoms with E-state index in [0.717, 1.165) is 0 Å². The molecule has 0 aromatic heterocycles. The average Bonchev–Trinajstić information content (AvgIpc) is 2.31. The zero-order valence-electron chi connectivity index (χ0n) is 14.3. The van der Waals surface area contributed by atoms with Crippen molar-refractivity contribution >= 4 is 8.32 Å². The molecule has 0 aliphatic heterocycles. The second-order valence-electron chi connectivity index (χ2n) is 6.90. The second-order valence-corrected chi connectivity index (χ2v) is 11.4. The maximum absolute atomic E-state index is 6.28. The molecule has 0 aliphatic carbocycles. The summed E-state index contributed by atoms with van der Waals surface area (Å²) in [7, 11) is -1.35. The van der Waals surface area contributed by atoms with Gasteiger partial charge in [-0.3, -0.25) is 0 Å². The predicted molar refractivity (Wildman–Crippen MR) is 90.4 cm³/mol. The minimum Gasteiger partial charge on any atom is -0.415 e. The van der Waals surface area contributed by atoms with E-state index in [1.165, 1.54) is 70.6 Å². The lowest BCUT2D eigenvalue weighted by Crippen LogP contribution is -2.32. The van der Waals surface area contributed by atoms with Crippen LogP contribution in [0.1, 0.15) is 84.5 Å². The van der Waals surface area contributed by atoms with Crippen LogP contribution in [0.5, 0.6) is 0 Å². The lowest BCUT2D eigenvalue weighted by atomic mass is 10.0. The van der Waals surface area contributed by atoms with E-state index in [0.29, 0.717) is 6.10 Å². The van der Waals surface area contributed by atoms with Gasteiger partial charge in [0, 0.05) is 6.10 Å². The van der Waals surface area contributed by atoms with Crippen molar-refractivity contribution in [1.29, 1.82) is 0 Å². The Hall–Kier alpha value is 0.177. The Morgan fingerprint density at radius 2 is 1.21 bits per heavy atom. The predicted octanol–water partition coefficient (Wildman–Crippen LogP) is 6.54. The summed E-state index contributed by atoms with van der Waals surface area (Å²) in [6.07, 6.45) is 15.6. The summed E-state index contributed by atoms with van der Waals surface area (Å²) in [6.45, 7) is 11.5. The number of hydrogen-bond acceptors (Lipinski definition) is 1. The molecule has 0 aromatic carbocycles. The zero-order chi connectivity index (χ0) is 14.6. The smallest absolute Gasteiger partial charge is 0.184 e. The molecule has 0 fully saturated rings. The van der Waals surface area contributed by atoms with Gasteiger partial charge in [-0.1, -0.05) is 71.6 Å². The van der Waals surface area contributed by atoms with Crippen molar-refractivity contribution in [3.05, 3.63) is 0 Å². The molecule has 0 saturated heterocycles. The Bertz CT molecular complexity index is 186. The lowest BCUT2D eigenvalue weighted by molar-refractivity contribution is 0.168. The molecule has 0 spiro atoms. The first-order valence-corrected chi connectivity index (χ1v) is 12.1. The van der Waals surface area contributed by atoms with Gasteiger partial charge in [-0.05, 0) is 32.5 Å². The van der Waals surface area contributed by atoms with Crippen molar-refractivity contribution in [2.24, 2.45) is 0 Å². The molecule has 0 radical (unpaired) electrons. The molecule has 0 amide bonds. The molecule has 0 aliphatic rings. The van der Waals surface area contributed by atoms with Crippen LogP contribution in [-0.2, 0) is 4.43 Å². The van der Waals surface area contributed by atoms with Gasteiger partial charge >= 0.3 is 0 Å². The van der Waals surface area contributed by atoms with Gasteiger partial charge in [-0.2, -0.15) is 0 Å². The van der Waals surface area contributed by atoms with E-state index in [1.807, 2.05) is 0 Å². The van der Waals surface area contributed by atoms with Crippen LogP contribution in [0.25, 0.3) is 0 Å². The van der Waals surface area contributed by atoms with E-state index in [2.05, 4.69) is 33.5 Å². The third kappa shape index (κ3) is 14.4. The lowest BCUT2D eigenvalue weighted by Gasteiger charge is -2.26. The maximum atomic E-state index is 6.28. The highest BCUT2D eigenvalue weighted by Gasteiger charge is 2.20. The molecule has 0 bridgehead atoms. The van der Waals surface area contributed by atoms with E-state index in [1.54, 1.807) is 0 Å². The first-order valence-electron chi connectivity index (χ1n) is 8.67. The third-order valence-electron chi connectivity index (χ3n) is 3.51. The molecule has 0 aromatic rings. The molecule has 0 N–H and O–H groups in total. The topological polar surface area (TPSA) is 9.23 Å². The first kappa shape index (κ1) is 19.2. The highest BCUT2D eigenvalue weighted by atomic mass is 28.4. The Labute approximate surface area is 123 Å². The van der Waals surface area contributed by atoms with Crippen LogP contribution in [-0.4, -0.2) is 14.4 Å². The zero-order valence-corrected chi connectivity index (χ0v) is 15.3. The van der Waals surface area contributed by atoms with Gasteiger partial charge in [-0.15, -0.1) is 0 Å². The maximum Gasteiger partial charge on any atom is 0.184 e. The number of hydrogen-bond donors (Lipinski definition) is 0. The standard InChI is InChI=1S/C17H38OSi/c1-6-8-9-10-11-12-13-14-16-17(15-7-2)18-19(3,4)5/h17H,6-16H2,1-5H3. The molecular weight excluding hydrogens is 248 g/mol. The van der Waals surface area contributed by atoms with Gasteiger partial charge in [0.1, 0.15) is 0 Å². The Morgan fingerprint density at radius 1 is 0.684 bits per heavy atom. The van der Waals surface area contributed by atoms with E-state index in [4.69, 9.17) is 4.43 Å². The fraction of sp³-hybridized carbons (Fsp3) is 1.00. The highest BCUT2D eigenvalue weighted by molar-refractivity contribution is 6.69. The fourth-order valence-electron chi connectivity index (χ4n) is 2.59. The minimum atomic E-state index is -1.35. The van der Waals surface area contributed by atoms with Crippen molar-refractivity contribution in [1.82, 2.24) is 0 Å². The second kappa shape index (κ2) is 12.0. The summed E-state index contributed by atoms with van der Waals surface area (Å²) < 4.78 is 6.28. The molecule has 2 heteroatoms.